The molecule has 0 saturated heterocycles. The predicted octanol–water partition coefficient (Wildman–Crippen LogP) is 5.25. The van der Waals surface area contributed by atoms with Crippen LogP contribution in [0.2, 0.25) is 0 Å². The van der Waals surface area contributed by atoms with Gasteiger partial charge in [0.05, 0.1) is 12.7 Å². The van der Waals surface area contributed by atoms with Crippen LogP contribution in [0.25, 0.3) is 0 Å². The molecule has 2 aromatic rings. The van der Waals surface area contributed by atoms with Crippen LogP contribution in [0.15, 0.2) is 54.6 Å². The van der Waals surface area contributed by atoms with Gasteiger partial charge in [0, 0.05) is 18.5 Å². The van der Waals surface area contributed by atoms with Crippen LogP contribution in [0.4, 0.5) is 4.79 Å². The molecule has 6 rings (SSSR count). The fourth-order valence-electron chi connectivity index (χ4n) is 6.77. The van der Waals surface area contributed by atoms with Gasteiger partial charge in [-0.3, -0.25) is 0 Å². The van der Waals surface area contributed by atoms with Crippen molar-refractivity contribution in [3.63, 3.8) is 0 Å². The van der Waals surface area contributed by atoms with E-state index < -0.39 is 0 Å². The smallest absolute Gasteiger partial charge is 0.337 e. The molecule has 2 aromatic carbocycles. The number of nitrogens with one attached hydrogen (secondary N) is 2. The summed E-state index contributed by atoms with van der Waals surface area (Å²) >= 11 is 0. The monoisotopic (exact) mass is 462 g/mol. The third-order valence-electron chi connectivity index (χ3n) is 7.83. The van der Waals surface area contributed by atoms with Gasteiger partial charge in [0.2, 0.25) is 0 Å². The summed E-state index contributed by atoms with van der Waals surface area (Å²) in [4.78, 5) is 24.6. The number of esters is 1. The molecule has 6 heteroatoms. The summed E-state index contributed by atoms with van der Waals surface area (Å²) < 4.78 is 11.1. The van der Waals surface area contributed by atoms with Crippen LogP contribution < -0.4 is 15.4 Å². The minimum absolute atomic E-state index is 0.00247. The Labute approximate surface area is 201 Å². The number of carbonyl (C=O) groups is 2. The third kappa shape index (κ3) is 5.06. The van der Waals surface area contributed by atoms with Crippen molar-refractivity contribution in [1.82, 2.24) is 10.6 Å². The summed E-state index contributed by atoms with van der Waals surface area (Å²) in [5.41, 5.74) is 1.44. The molecule has 0 spiro atoms. The molecule has 4 saturated carbocycles. The molecule has 0 heterocycles. The first-order chi connectivity index (χ1) is 16.5. The van der Waals surface area contributed by atoms with E-state index in [1.54, 1.807) is 12.1 Å². The maximum Gasteiger partial charge on any atom is 0.337 e. The number of ether oxygens (including phenoxy) is 2. The Morgan fingerprint density at radius 1 is 0.941 bits per heavy atom. The van der Waals surface area contributed by atoms with Gasteiger partial charge in [-0.25, -0.2) is 9.59 Å². The molecule has 0 radical (unpaired) electrons. The predicted molar refractivity (Wildman–Crippen MR) is 130 cm³/mol. The number of hydrogen-bond acceptors (Lipinski definition) is 4. The number of benzene rings is 2. The third-order valence-corrected chi connectivity index (χ3v) is 7.83. The van der Waals surface area contributed by atoms with Gasteiger partial charge in [-0.1, -0.05) is 30.3 Å². The van der Waals surface area contributed by atoms with Crippen LogP contribution in [0.1, 0.15) is 67.0 Å². The molecular weight excluding hydrogens is 428 g/mol. The molecule has 2 N–H and O–H groups in total. The fourth-order valence-corrected chi connectivity index (χ4v) is 6.77. The van der Waals surface area contributed by atoms with Gasteiger partial charge in [-0.15, -0.1) is 0 Å². The lowest BCUT2D eigenvalue weighted by molar-refractivity contribution is -0.0135. The topological polar surface area (TPSA) is 76.7 Å². The van der Waals surface area contributed by atoms with Crippen molar-refractivity contribution in [2.45, 2.75) is 56.6 Å². The van der Waals surface area contributed by atoms with E-state index in [0.29, 0.717) is 18.5 Å². The average Bonchev–Trinajstić information content (AvgIpc) is 2.82. The highest BCUT2D eigenvalue weighted by Crippen LogP contribution is 2.55. The van der Waals surface area contributed by atoms with Crippen LogP contribution >= 0.6 is 0 Å². The largest absolute Gasteiger partial charge is 0.486 e. The average molecular weight is 463 g/mol. The first kappa shape index (κ1) is 22.8. The number of para-hydroxylation sites is 1. The summed E-state index contributed by atoms with van der Waals surface area (Å²) in [6.07, 6.45) is 7.84. The van der Waals surface area contributed by atoms with E-state index in [-0.39, 0.29) is 23.6 Å². The Kier molecular flexibility index (Phi) is 6.48. The van der Waals surface area contributed by atoms with E-state index in [2.05, 4.69) is 10.6 Å². The Hall–Kier alpha value is -3.02. The van der Waals surface area contributed by atoms with Crippen molar-refractivity contribution >= 4 is 12.0 Å². The number of rotatable bonds is 8. The van der Waals surface area contributed by atoms with Crippen LogP contribution in [0.5, 0.6) is 5.75 Å². The van der Waals surface area contributed by atoms with Crippen molar-refractivity contribution < 1.29 is 19.1 Å². The van der Waals surface area contributed by atoms with Gasteiger partial charge < -0.3 is 20.1 Å². The van der Waals surface area contributed by atoms with Crippen molar-refractivity contribution in [1.29, 1.82) is 0 Å². The van der Waals surface area contributed by atoms with E-state index >= 15 is 0 Å². The molecule has 0 aromatic heterocycles. The molecule has 4 aliphatic rings. The second kappa shape index (κ2) is 9.69. The van der Waals surface area contributed by atoms with Crippen molar-refractivity contribution in [3.8, 4) is 5.75 Å². The van der Waals surface area contributed by atoms with Crippen LogP contribution in [0, 0.1) is 17.8 Å². The zero-order valence-electron chi connectivity index (χ0n) is 19.8. The summed E-state index contributed by atoms with van der Waals surface area (Å²) in [6.45, 7) is 0.494. The first-order valence-corrected chi connectivity index (χ1v) is 12.5. The van der Waals surface area contributed by atoms with Crippen molar-refractivity contribution in [3.05, 3.63) is 65.7 Å². The van der Waals surface area contributed by atoms with Gasteiger partial charge in [0.15, 0.2) is 0 Å². The number of methoxy groups -OCH3 is 1. The lowest BCUT2D eigenvalue weighted by atomic mass is 9.53. The first-order valence-electron chi connectivity index (χ1n) is 12.5. The van der Waals surface area contributed by atoms with Gasteiger partial charge in [-0.05, 0) is 86.1 Å². The van der Waals surface area contributed by atoms with E-state index in [1.807, 2.05) is 42.5 Å². The maximum atomic E-state index is 12.8. The molecule has 2 amide bonds. The molecule has 34 heavy (non-hydrogen) atoms. The Bertz CT molecular complexity index is 970. The second-order valence-electron chi connectivity index (χ2n) is 10.4. The highest BCUT2D eigenvalue weighted by molar-refractivity contribution is 5.89. The molecule has 180 valence electrons. The molecule has 1 atom stereocenters. The van der Waals surface area contributed by atoms with E-state index in [1.165, 1.54) is 26.4 Å². The Morgan fingerprint density at radius 3 is 2.15 bits per heavy atom. The molecule has 0 aliphatic heterocycles. The minimum atomic E-state index is -0.366. The van der Waals surface area contributed by atoms with Crippen molar-refractivity contribution in [2.24, 2.45) is 17.8 Å². The molecular formula is C28H34N2O4. The molecule has 1 unspecified atom stereocenters. The van der Waals surface area contributed by atoms with E-state index in [4.69, 9.17) is 9.47 Å². The normalized spacial score (nSPS) is 27.6. The van der Waals surface area contributed by atoms with Crippen LogP contribution in [0.3, 0.4) is 0 Å². The number of urea groups is 1. The van der Waals surface area contributed by atoms with Gasteiger partial charge in [0.1, 0.15) is 11.9 Å². The van der Waals surface area contributed by atoms with Crippen LogP contribution in [-0.4, -0.2) is 31.2 Å². The molecule has 4 aliphatic carbocycles. The lowest BCUT2D eigenvalue weighted by Crippen LogP contribution is -2.61. The minimum Gasteiger partial charge on any atom is -0.486 e. The van der Waals surface area contributed by atoms with Crippen molar-refractivity contribution in [2.75, 3.05) is 13.7 Å². The van der Waals surface area contributed by atoms with Gasteiger partial charge >= 0.3 is 12.0 Å². The molecule has 6 nitrogen and oxygen atoms in total. The maximum absolute atomic E-state index is 12.8. The molecule has 4 fully saturated rings. The standard InChI is InChI=1S/C28H34N2O4/c1-33-26(31)23-9-7-22(8-10-23)25(34-24-5-3-2-4-6-24)11-12-29-27(32)30-28-16-19-13-20(17-28)15-21(14-19)18-28/h2-10,19-21,25H,11-18H2,1H3,(H2,29,30,32). The van der Waals surface area contributed by atoms with E-state index in [9.17, 15) is 9.59 Å². The quantitative estimate of drug-likeness (QED) is 0.525. The highest BCUT2D eigenvalue weighted by atomic mass is 16.5. The summed E-state index contributed by atoms with van der Waals surface area (Å²) in [5.74, 6) is 2.78. The highest BCUT2D eigenvalue weighted by Gasteiger charge is 2.51. The number of hydrogen-bond donors (Lipinski definition) is 2. The Balaban J connectivity index is 1.20. The fraction of sp³-hybridized carbons (Fsp3) is 0.500. The number of amides is 2. The summed E-state index contributed by atoms with van der Waals surface area (Å²) in [5, 5.41) is 6.45. The SMILES string of the molecule is COC(=O)c1ccc(C(CCNC(=O)NC23CC4CC(CC(C4)C2)C3)Oc2ccccc2)cc1. The van der Waals surface area contributed by atoms with E-state index in [0.717, 1.165) is 48.3 Å². The zero-order chi connectivity index (χ0) is 23.5. The lowest BCUT2D eigenvalue weighted by Gasteiger charge is -2.56. The van der Waals surface area contributed by atoms with Gasteiger partial charge in [-0.2, -0.15) is 0 Å². The second-order valence-corrected chi connectivity index (χ2v) is 10.4. The summed E-state index contributed by atoms with van der Waals surface area (Å²) in [7, 11) is 1.37. The van der Waals surface area contributed by atoms with Gasteiger partial charge in [0.25, 0.3) is 0 Å². The zero-order valence-corrected chi connectivity index (χ0v) is 19.8. The molecule has 4 bridgehead atoms. The Morgan fingerprint density at radius 2 is 1.56 bits per heavy atom. The van der Waals surface area contributed by atoms with Crippen LogP contribution in [-0.2, 0) is 4.74 Å². The summed E-state index contributed by atoms with van der Waals surface area (Å²) in [6, 6.07) is 16.8. The number of carbonyl (C=O) groups excluding carboxylic acids is 2.